The first-order chi connectivity index (χ1) is 7.00. The lowest BCUT2D eigenvalue weighted by Crippen LogP contribution is -2.12. The third-order valence-electron chi connectivity index (χ3n) is 1.70. The van der Waals surface area contributed by atoms with Gasteiger partial charge in [0.15, 0.2) is 5.78 Å². The Hall–Kier alpha value is -1.71. The molecule has 0 amide bonds. The number of nitrogens with zero attached hydrogens (tertiary/aromatic N) is 1. The van der Waals surface area contributed by atoms with E-state index in [1.54, 1.807) is 13.8 Å². The molecule has 1 rings (SSSR count). The van der Waals surface area contributed by atoms with E-state index in [0.29, 0.717) is 11.3 Å². The molecule has 0 N–H and O–H groups in total. The van der Waals surface area contributed by atoms with Crippen molar-refractivity contribution in [1.29, 1.82) is 0 Å². The highest BCUT2D eigenvalue weighted by molar-refractivity contribution is 5.94. The summed E-state index contributed by atoms with van der Waals surface area (Å²) in [6, 6.07) is 3.05. The lowest BCUT2D eigenvalue weighted by molar-refractivity contribution is 0.0377. The van der Waals surface area contributed by atoms with E-state index in [0.717, 1.165) is 0 Å². The summed E-state index contributed by atoms with van der Waals surface area (Å²) in [7, 11) is 0. The van der Waals surface area contributed by atoms with Crippen LogP contribution in [0.1, 0.15) is 41.6 Å². The summed E-state index contributed by atoms with van der Waals surface area (Å²) in [5.74, 6) is -0.550. The number of carbonyl (C=O) groups is 2. The number of Topliss-reactive ketones (excluding diaryl/α,β-unsaturated/α-hetero) is 1. The molecule has 80 valence electrons. The summed E-state index contributed by atoms with van der Waals surface area (Å²) < 4.78 is 4.97. The molecule has 0 saturated carbocycles. The van der Waals surface area contributed by atoms with Crippen molar-refractivity contribution in [1.82, 2.24) is 4.98 Å². The number of pyridine rings is 1. The average Bonchev–Trinajstić information content (AvgIpc) is 2.17. The van der Waals surface area contributed by atoms with Crippen LogP contribution in [0, 0.1) is 0 Å². The molecule has 0 radical (unpaired) electrons. The van der Waals surface area contributed by atoms with Crippen molar-refractivity contribution in [2.75, 3.05) is 0 Å². The van der Waals surface area contributed by atoms with Crippen LogP contribution in [0.2, 0.25) is 0 Å². The minimum Gasteiger partial charge on any atom is -0.459 e. The summed E-state index contributed by atoms with van der Waals surface area (Å²) in [4.78, 5) is 26.2. The molecule has 0 atom stereocenters. The molecule has 0 aliphatic rings. The van der Waals surface area contributed by atoms with Gasteiger partial charge >= 0.3 is 5.97 Å². The summed E-state index contributed by atoms with van der Waals surface area (Å²) in [6.45, 7) is 4.97. The zero-order chi connectivity index (χ0) is 11.4. The molecule has 0 fully saturated rings. The maximum Gasteiger partial charge on any atom is 0.339 e. The van der Waals surface area contributed by atoms with Crippen molar-refractivity contribution < 1.29 is 14.3 Å². The van der Waals surface area contributed by atoms with Gasteiger partial charge in [0.25, 0.3) is 0 Å². The van der Waals surface area contributed by atoms with Crippen molar-refractivity contribution in [3.05, 3.63) is 29.6 Å². The number of rotatable bonds is 3. The van der Waals surface area contributed by atoms with Crippen LogP contribution < -0.4 is 0 Å². The van der Waals surface area contributed by atoms with Gasteiger partial charge in [-0.2, -0.15) is 0 Å². The van der Waals surface area contributed by atoms with Gasteiger partial charge in [0.2, 0.25) is 0 Å². The second-order valence-corrected chi connectivity index (χ2v) is 3.44. The van der Waals surface area contributed by atoms with E-state index >= 15 is 0 Å². The molecule has 0 bridgehead atoms. The van der Waals surface area contributed by atoms with Gasteiger partial charge in [-0.3, -0.25) is 9.78 Å². The third kappa shape index (κ3) is 3.16. The normalized spacial score (nSPS) is 10.1. The Morgan fingerprint density at radius 3 is 2.40 bits per heavy atom. The van der Waals surface area contributed by atoms with E-state index < -0.39 is 5.97 Å². The van der Waals surface area contributed by atoms with Crippen LogP contribution in [-0.4, -0.2) is 22.8 Å². The fraction of sp³-hybridized carbons (Fsp3) is 0.364. The smallest absolute Gasteiger partial charge is 0.339 e. The van der Waals surface area contributed by atoms with Gasteiger partial charge in [0.1, 0.15) is 5.69 Å². The predicted octanol–water partition coefficient (Wildman–Crippen LogP) is 1.85. The van der Waals surface area contributed by atoms with Crippen molar-refractivity contribution in [3.8, 4) is 0 Å². The fourth-order valence-corrected chi connectivity index (χ4v) is 1.00. The lowest BCUT2D eigenvalue weighted by Gasteiger charge is -2.07. The summed E-state index contributed by atoms with van der Waals surface area (Å²) in [6.07, 6.45) is 1.19. The van der Waals surface area contributed by atoms with Gasteiger partial charge in [-0.05, 0) is 26.0 Å². The molecule has 0 aliphatic heterocycles. The molecule has 0 unspecified atom stereocenters. The van der Waals surface area contributed by atoms with Crippen LogP contribution in [0.5, 0.6) is 0 Å². The first-order valence-corrected chi connectivity index (χ1v) is 4.68. The van der Waals surface area contributed by atoms with Crippen LogP contribution in [0.3, 0.4) is 0 Å². The Labute approximate surface area is 88.3 Å². The Bertz CT molecular complexity index is 368. The topological polar surface area (TPSA) is 56.3 Å². The molecule has 1 aromatic heterocycles. The molecule has 1 heterocycles. The van der Waals surface area contributed by atoms with E-state index in [1.807, 2.05) is 0 Å². The highest BCUT2D eigenvalue weighted by Gasteiger charge is 2.10. The van der Waals surface area contributed by atoms with Crippen molar-refractivity contribution in [2.24, 2.45) is 0 Å². The summed E-state index contributed by atoms with van der Waals surface area (Å²) in [5.41, 5.74) is 0.699. The van der Waals surface area contributed by atoms with Crippen LogP contribution in [0.25, 0.3) is 0 Å². The van der Waals surface area contributed by atoms with Crippen LogP contribution in [0.4, 0.5) is 0 Å². The number of ether oxygens (including phenoxy) is 1. The summed E-state index contributed by atoms with van der Waals surface area (Å²) in [5, 5.41) is 0. The van der Waals surface area contributed by atoms with Gasteiger partial charge < -0.3 is 4.74 Å². The Balaban J connectivity index is 2.80. The van der Waals surface area contributed by atoms with Crippen molar-refractivity contribution >= 4 is 11.8 Å². The quantitative estimate of drug-likeness (QED) is 0.560. The second-order valence-electron chi connectivity index (χ2n) is 3.44. The molecule has 1 aromatic rings. The molecule has 0 spiro atoms. The maximum absolute atomic E-state index is 11.4. The molecule has 15 heavy (non-hydrogen) atoms. The number of hydrogen-bond acceptors (Lipinski definition) is 4. The molecule has 4 heteroatoms. The Morgan fingerprint density at radius 2 is 2.00 bits per heavy atom. The standard InChI is InChI=1S/C11H13NO3/c1-7(2)15-11(14)9-4-5-10(8(3)13)12-6-9/h4-7H,1-3H3. The van der Waals surface area contributed by atoms with E-state index in [2.05, 4.69) is 4.98 Å². The molecular weight excluding hydrogens is 194 g/mol. The Kier molecular flexibility index (Phi) is 3.55. The average molecular weight is 207 g/mol. The molecular formula is C11H13NO3. The monoisotopic (exact) mass is 207 g/mol. The number of aromatic nitrogens is 1. The zero-order valence-electron chi connectivity index (χ0n) is 8.98. The van der Waals surface area contributed by atoms with Crippen molar-refractivity contribution in [2.45, 2.75) is 26.9 Å². The van der Waals surface area contributed by atoms with E-state index in [-0.39, 0.29) is 11.9 Å². The number of ketones is 1. The maximum atomic E-state index is 11.4. The zero-order valence-corrected chi connectivity index (χ0v) is 8.98. The number of esters is 1. The highest BCUT2D eigenvalue weighted by atomic mass is 16.5. The molecule has 0 saturated heterocycles. The minimum atomic E-state index is -0.424. The first-order valence-electron chi connectivity index (χ1n) is 4.68. The van der Waals surface area contributed by atoms with Gasteiger partial charge in [-0.1, -0.05) is 0 Å². The number of carbonyl (C=O) groups excluding carboxylic acids is 2. The van der Waals surface area contributed by atoms with E-state index in [1.165, 1.54) is 25.3 Å². The first kappa shape index (κ1) is 11.4. The largest absolute Gasteiger partial charge is 0.459 e. The SMILES string of the molecule is CC(=O)c1ccc(C(=O)OC(C)C)cn1. The van der Waals surface area contributed by atoms with Gasteiger partial charge in [-0.15, -0.1) is 0 Å². The second kappa shape index (κ2) is 4.68. The Morgan fingerprint density at radius 1 is 1.33 bits per heavy atom. The highest BCUT2D eigenvalue weighted by Crippen LogP contribution is 2.04. The van der Waals surface area contributed by atoms with Crippen molar-refractivity contribution in [3.63, 3.8) is 0 Å². The van der Waals surface area contributed by atoms with Crippen LogP contribution in [-0.2, 0) is 4.74 Å². The minimum absolute atomic E-state index is 0.126. The lowest BCUT2D eigenvalue weighted by atomic mass is 10.2. The van der Waals surface area contributed by atoms with Gasteiger partial charge in [0, 0.05) is 13.1 Å². The third-order valence-corrected chi connectivity index (χ3v) is 1.70. The molecule has 4 nitrogen and oxygen atoms in total. The molecule has 0 aromatic carbocycles. The van der Waals surface area contributed by atoms with Gasteiger partial charge in [0.05, 0.1) is 11.7 Å². The summed E-state index contributed by atoms with van der Waals surface area (Å²) >= 11 is 0. The van der Waals surface area contributed by atoms with E-state index in [4.69, 9.17) is 4.74 Å². The van der Waals surface area contributed by atoms with E-state index in [9.17, 15) is 9.59 Å². The predicted molar refractivity (Wildman–Crippen MR) is 54.8 cm³/mol. The van der Waals surface area contributed by atoms with Crippen LogP contribution >= 0.6 is 0 Å². The van der Waals surface area contributed by atoms with Crippen LogP contribution in [0.15, 0.2) is 18.3 Å². The molecule has 0 aliphatic carbocycles. The number of hydrogen-bond donors (Lipinski definition) is 0. The van der Waals surface area contributed by atoms with Gasteiger partial charge in [-0.25, -0.2) is 4.79 Å². The fourth-order valence-electron chi connectivity index (χ4n) is 1.00.